The Morgan fingerprint density at radius 1 is 1.10 bits per heavy atom. The first-order valence-corrected chi connectivity index (χ1v) is 14.0. The number of aliphatic carboxylic acids is 1. The van der Waals surface area contributed by atoms with E-state index in [1.807, 2.05) is 45.8 Å². The first kappa shape index (κ1) is 34.4. The number of hydrogen-bond donors (Lipinski definition) is 2. The van der Waals surface area contributed by atoms with E-state index in [-0.39, 0.29) is 23.5 Å². The van der Waals surface area contributed by atoms with Gasteiger partial charge < -0.3 is 19.9 Å². The maximum Gasteiger partial charge on any atom is 0.305 e. The molecule has 2 atom stereocenters. The second-order valence-electron chi connectivity index (χ2n) is 11.4. The summed E-state index contributed by atoms with van der Waals surface area (Å²) in [5.41, 5.74) is 3.56. The van der Waals surface area contributed by atoms with Gasteiger partial charge in [0.2, 0.25) is 5.91 Å². The molecule has 9 heteroatoms. The van der Waals surface area contributed by atoms with Crippen molar-refractivity contribution in [2.45, 2.75) is 66.0 Å². The molecule has 1 amide bonds. The summed E-state index contributed by atoms with van der Waals surface area (Å²) in [6.07, 6.45) is 3.93. The van der Waals surface area contributed by atoms with E-state index in [9.17, 15) is 23.9 Å². The normalized spacial score (nSPS) is 13.8. The fraction of sp³-hybridized carbons (Fsp3) is 0.424. The van der Waals surface area contributed by atoms with Gasteiger partial charge in [-0.15, -0.1) is 0 Å². The van der Waals surface area contributed by atoms with Gasteiger partial charge in [-0.05, 0) is 99.2 Å². The lowest BCUT2D eigenvalue weighted by atomic mass is 9.94. The number of nitrogens with one attached hydrogen (secondary N) is 1. The van der Waals surface area contributed by atoms with Crippen LogP contribution in [0.25, 0.3) is 5.57 Å². The maximum atomic E-state index is 15.9. The van der Waals surface area contributed by atoms with E-state index in [2.05, 4.69) is 11.9 Å². The number of benzene rings is 1. The van der Waals surface area contributed by atoms with Crippen LogP contribution in [0.3, 0.4) is 0 Å². The van der Waals surface area contributed by atoms with Gasteiger partial charge in [0.15, 0.2) is 0 Å². The highest BCUT2D eigenvalue weighted by Crippen LogP contribution is 2.28. The number of hydrogen-bond acceptors (Lipinski definition) is 4. The van der Waals surface area contributed by atoms with Crippen molar-refractivity contribution in [3.63, 3.8) is 0 Å². The predicted octanol–water partition coefficient (Wildman–Crippen LogP) is 5.84. The van der Waals surface area contributed by atoms with E-state index in [0.29, 0.717) is 12.0 Å². The number of amides is 1. The lowest BCUT2D eigenvalue weighted by Crippen LogP contribution is -2.44. The summed E-state index contributed by atoms with van der Waals surface area (Å²) in [7, 11) is 3.88. The molecule has 228 valence electrons. The Kier molecular flexibility index (Phi) is 12.6. The first-order valence-electron chi connectivity index (χ1n) is 14.0. The van der Waals surface area contributed by atoms with Crippen LogP contribution in [0.5, 0.6) is 0 Å². The number of pyridine rings is 1. The molecule has 42 heavy (non-hydrogen) atoms. The molecule has 2 N–H and O–H groups in total. The van der Waals surface area contributed by atoms with Crippen molar-refractivity contribution in [1.29, 1.82) is 0 Å². The second-order valence-corrected chi connectivity index (χ2v) is 11.4. The van der Waals surface area contributed by atoms with Gasteiger partial charge in [-0.1, -0.05) is 38.6 Å². The Labute approximate surface area is 247 Å². The molecule has 1 heterocycles. The number of rotatable bonds is 14. The van der Waals surface area contributed by atoms with Crippen LogP contribution in [0.15, 0.2) is 65.6 Å². The van der Waals surface area contributed by atoms with Crippen molar-refractivity contribution in [1.82, 2.24) is 14.8 Å². The summed E-state index contributed by atoms with van der Waals surface area (Å²) in [6, 6.07) is 4.33. The minimum absolute atomic E-state index is 0.00776. The average Bonchev–Trinajstić information content (AvgIpc) is 2.85. The second kappa shape index (κ2) is 15.4. The fourth-order valence-electron chi connectivity index (χ4n) is 4.86. The quantitative estimate of drug-likeness (QED) is 0.273. The Morgan fingerprint density at radius 2 is 1.71 bits per heavy atom. The maximum absolute atomic E-state index is 15.9. The number of nitrogens with zero attached hydrogens (tertiary/aromatic N) is 2. The number of allylic oxidation sites excluding steroid dienone is 4. The smallest absolute Gasteiger partial charge is 0.305 e. The highest BCUT2D eigenvalue weighted by molar-refractivity contribution is 5.83. The van der Waals surface area contributed by atoms with Crippen molar-refractivity contribution in [2.75, 3.05) is 20.6 Å². The third kappa shape index (κ3) is 9.91. The fourth-order valence-corrected chi connectivity index (χ4v) is 4.86. The van der Waals surface area contributed by atoms with Crippen molar-refractivity contribution >= 4 is 17.4 Å². The molecule has 0 saturated heterocycles. The highest BCUT2D eigenvalue weighted by Gasteiger charge is 2.29. The summed E-state index contributed by atoms with van der Waals surface area (Å²) in [4.78, 5) is 40.5. The van der Waals surface area contributed by atoms with Crippen molar-refractivity contribution in [2.24, 2.45) is 5.92 Å². The molecule has 0 saturated carbocycles. The van der Waals surface area contributed by atoms with Crippen molar-refractivity contribution in [3.05, 3.63) is 99.0 Å². The van der Waals surface area contributed by atoms with E-state index in [1.165, 1.54) is 10.6 Å². The zero-order valence-electron chi connectivity index (χ0n) is 25.6. The Balaban J connectivity index is 2.56. The van der Waals surface area contributed by atoms with Crippen molar-refractivity contribution in [3.8, 4) is 0 Å². The molecule has 2 aromatic rings. The topological polar surface area (TPSA) is 91.6 Å². The van der Waals surface area contributed by atoms with Gasteiger partial charge in [-0.2, -0.15) is 0 Å². The summed E-state index contributed by atoms with van der Waals surface area (Å²) in [5, 5.41) is 12.1. The van der Waals surface area contributed by atoms with Crippen LogP contribution in [-0.4, -0.2) is 53.1 Å². The van der Waals surface area contributed by atoms with Gasteiger partial charge >= 0.3 is 5.97 Å². The molecule has 0 unspecified atom stereocenters. The number of carbonyl (C=O) groups is 2. The molecule has 0 radical (unpaired) electrons. The number of carboxylic acids is 1. The summed E-state index contributed by atoms with van der Waals surface area (Å²) < 4.78 is 31.2. The monoisotopic (exact) mass is 583 g/mol. The Morgan fingerprint density at radius 3 is 2.24 bits per heavy atom. The van der Waals surface area contributed by atoms with Crippen LogP contribution < -0.4 is 10.9 Å². The molecule has 0 fully saturated rings. The zero-order valence-corrected chi connectivity index (χ0v) is 25.6. The molecular weight excluding hydrogens is 540 g/mol. The lowest BCUT2D eigenvalue weighted by molar-refractivity contribution is -0.137. The molecule has 0 aliphatic rings. The molecule has 7 nitrogen and oxygen atoms in total. The van der Waals surface area contributed by atoms with Crippen LogP contribution >= 0.6 is 0 Å². The first-order chi connectivity index (χ1) is 19.6. The number of halogens is 2. The van der Waals surface area contributed by atoms with E-state index in [4.69, 9.17) is 0 Å². The van der Waals surface area contributed by atoms with Gasteiger partial charge in [-0.3, -0.25) is 14.4 Å². The van der Waals surface area contributed by atoms with E-state index in [0.717, 1.165) is 41.0 Å². The summed E-state index contributed by atoms with van der Waals surface area (Å²) >= 11 is 0. The standard InChI is InChI=1S/C33H43F2N3O4/c1-20(2)14-29(38-19-25(12-13-37(7)8)23(5)15-30(38)39)33(42)36-28(18-31(40)41)27(35)17-26(16-24(6)34)32-21(3)10-9-11-22(32)4/h9-11,15-17,19-20,28-29H,6,12-14,18H2,1-5,7-8H3,(H,36,42)(H,40,41)/b26-16+,27-17-/t28-,29-/m0/s1. The van der Waals surface area contributed by atoms with Gasteiger partial charge in [0.25, 0.3) is 5.56 Å². The highest BCUT2D eigenvalue weighted by atomic mass is 19.1. The molecule has 0 bridgehead atoms. The molecule has 1 aromatic heterocycles. The Bertz CT molecular complexity index is 1400. The molecule has 0 spiro atoms. The molecule has 0 aliphatic carbocycles. The summed E-state index contributed by atoms with van der Waals surface area (Å²) in [6.45, 7) is 13.2. The third-order valence-corrected chi connectivity index (χ3v) is 6.96. The van der Waals surface area contributed by atoms with Crippen LogP contribution in [0.2, 0.25) is 0 Å². The van der Waals surface area contributed by atoms with E-state index >= 15 is 4.39 Å². The van der Waals surface area contributed by atoms with Gasteiger partial charge in [-0.25, -0.2) is 8.78 Å². The molecule has 1 aromatic carbocycles. The zero-order chi connectivity index (χ0) is 31.7. The molecule has 2 rings (SSSR count). The third-order valence-electron chi connectivity index (χ3n) is 6.96. The number of aromatic nitrogens is 1. The Hall–Kier alpha value is -3.85. The number of carboxylic acid groups (broad SMARTS) is 1. The molecular formula is C33H43F2N3O4. The van der Waals surface area contributed by atoms with Crippen molar-refractivity contribution < 1.29 is 23.5 Å². The van der Waals surface area contributed by atoms with E-state index in [1.54, 1.807) is 32.2 Å². The van der Waals surface area contributed by atoms with Crippen LogP contribution in [0.4, 0.5) is 8.78 Å². The lowest BCUT2D eigenvalue weighted by Gasteiger charge is -2.25. The van der Waals surface area contributed by atoms with Gasteiger partial charge in [0.05, 0.1) is 12.5 Å². The van der Waals surface area contributed by atoms with Crippen LogP contribution in [0, 0.1) is 26.7 Å². The van der Waals surface area contributed by atoms with Gasteiger partial charge in [0.1, 0.15) is 17.7 Å². The summed E-state index contributed by atoms with van der Waals surface area (Å²) in [5.74, 6) is -3.80. The predicted molar refractivity (Wildman–Crippen MR) is 164 cm³/mol. The van der Waals surface area contributed by atoms with E-state index < -0.39 is 42.0 Å². The van der Waals surface area contributed by atoms with Crippen LogP contribution in [-0.2, 0) is 16.0 Å². The number of carbonyl (C=O) groups excluding carboxylic acids is 1. The number of aryl methyl sites for hydroxylation is 3. The van der Waals surface area contributed by atoms with Gasteiger partial charge in [0, 0.05) is 18.8 Å². The average molecular weight is 584 g/mol. The SMILES string of the molecule is C=C(F)/C=C(\C=C(/F)[C@H](CC(=O)O)NC(=O)[C@H](CC(C)C)n1cc(CCN(C)C)c(C)cc1=O)c1c(C)cccc1C. The molecule has 0 aliphatic heterocycles. The van der Waals surface area contributed by atoms with Crippen LogP contribution in [0.1, 0.15) is 60.5 Å². The minimum Gasteiger partial charge on any atom is -0.481 e. The largest absolute Gasteiger partial charge is 0.481 e. The number of likely N-dealkylation sites (N-methyl/N-ethyl adjacent to an activating group) is 1. The minimum atomic E-state index is -1.56.